The average molecular weight is 374 g/mol. The first kappa shape index (κ1) is 17.7. The van der Waals surface area contributed by atoms with Crippen molar-refractivity contribution < 1.29 is 9.50 Å². The number of hydrogen-bond acceptors (Lipinski definition) is 4. The molecule has 0 saturated heterocycles. The quantitative estimate of drug-likeness (QED) is 0.494. The number of rotatable bonds is 5. The third-order valence-corrected chi connectivity index (χ3v) is 4.57. The second-order valence-electron chi connectivity index (χ2n) is 6.54. The number of hydrogen-bond donors (Lipinski definition) is 2. The summed E-state index contributed by atoms with van der Waals surface area (Å²) in [6.07, 6.45) is 5.08. The van der Waals surface area contributed by atoms with Crippen molar-refractivity contribution >= 4 is 28.5 Å². The van der Waals surface area contributed by atoms with Crippen molar-refractivity contribution in [1.29, 1.82) is 0 Å². The molecule has 0 unspecified atom stereocenters. The van der Waals surface area contributed by atoms with E-state index < -0.39 is 5.82 Å². The molecule has 2 aromatic carbocycles. The molecule has 0 bridgehead atoms. The molecule has 5 nitrogen and oxygen atoms in total. The van der Waals surface area contributed by atoms with Gasteiger partial charge in [-0.15, -0.1) is 0 Å². The Morgan fingerprint density at radius 2 is 1.96 bits per heavy atom. The number of aromatic amines is 1. The number of benzene rings is 2. The highest BCUT2D eigenvalue weighted by Crippen LogP contribution is 2.28. The van der Waals surface area contributed by atoms with Crippen LogP contribution in [0.1, 0.15) is 11.1 Å². The van der Waals surface area contributed by atoms with E-state index in [1.165, 1.54) is 12.3 Å². The molecule has 0 atom stereocenters. The summed E-state index contributed by atoms with van der Waals surface area (Å²) in [5, 5.41) is 10.4. The molecule has 0 aliphatic rings. The SMILES string of the molecule is CN(Cc1cccnc1)c1ccc(N=Cc2c(O)[nH]c3cccc(F)c23)cc1. The molecule has 6 heteroatoms. The largest absolute Gasteiger partial charge is 0.494 e. The van der Waals surface area contributed by atoms with Crippen molar-refractivity contribution in [3.63, 3.8) is 0 Å². The average Bonchev–Trinajstić information content (AvgIpc) is 3.04. The maximum atomic E-state index is 14.1. The Bertz CT molecular complexity index is 1120. The van der Waals surface area contributed by atoms with Crippen LogP contribution in [0.5, 0.6) is 5.88 Å². The summed E-state index contributed by atoms with van der Waals surface area (Å²) >= 11 is 0. The van der Waals surface area contributed by atoms with E-state index in [0.29, 0.717) is 22.2 Å². The van der Waals surface area contributed by atoms with Crippen LogP contribution in [0, 0.1) is 5.82 Å². The number of halogens is 1. The Kier molecular flexibility index (Phi) is 4.76. The summed E-state index contributed by atoms with van der Waals surface area (Å²) in [4.78, 5) is 13.4. The molecule has 0 spiro atoms. The highest BCUT2D eigenvalue weighted by Gasteiger charge is 2.12. The summed E-state index contributed by atoms with van der Waals surface area (Å²) in [7, 11) is 2.01. The lowest BCUT2D eigenvalue weighted by Gasteiger charge is -2.19. The smallest absolute Gasteiger partial charge is 0.198 e. The van der Waals surface area contributed by atoms with Gasteiger partial charge in [0, 0.05) is 43.3 Å². The lowest BCUT2D eigenvalue weighted by molar-refractivity contribution is 0.457. The topological polar surface area (TPSA) is 64.5 Å². The predicted molar refractivity (Wildman–Crippen MR) is 110 cm³/mol. The number of anilines is 1. The second-order valence-corrected chi connectivity index (χ2v) is 6.54. The Hall–Kier alpha value is -3.67. The molecule has 4 aromatic rings. The highest BCUT2D eigenvalue weighted by molar-refractivity contribution is 6.02. The zero-order chi connectivity index (χ0) is 19.5. The van der Waals surface area contributed by atoms with E-state index in [-0.39, 0.29) is 5.88 Å². The van der Waals surface area contributed by atoms with Gasteiger partial charge in [-0.2, -0.15) is 0 Å². The second kappa shape index (κ2) is 7.52. The lowest BCUT2D eigenvalue weighted by atomic mass is 10.1. The molecular weight excluding hydrogens is 355 g/mol. The van der Waals surface area contributed by atoms with Crippen LogP contribution in [0.4, 0.5) is 15.8 Å². The highest BCUT2D eigenvalue weighted by atomic mass is 19.1. The van der Waals surface area contributed by atoms with Crippen LogP contribution in [0.3, 0.4) is 0 Å². The number of fused-ring (bicyclic) bond motifs is 1. The van der Waals surface area contributed by atoms with Gasteiger partial charge in [-0.3, -0.25) is 9.98 Å². The van der Waals surface area contributed by atoms with Crippen molar-refractivity contribution in [2.75, 3.05) is 11.9 Å². The third-order valence-electron chi connectivity index (χ3n) is 4.57. The van der Waals surface area contributed by atoms with Crippen molar-refractivity contribution in [2.45, 2.75) is 6.54 Å². The minimum atomic E-state index is -0.400. The first-order valence-electron chi connectivity index (χ1n) is 8.85. The minimum absolute atomic E-state index is 0.100. The monoisotopic (exact) mass is 374 g/mol. The maximum absolute atomic E-state index is 14.1. The van der Waals surface area contributed by atoms with E-state index in [2.05, 4.69) is 19.9 Å². The normalized spacial score (nSPS) is 11.4. The maximum Gasteiger partial charge on any atom is 0.198 e. The van der Waals surface area contributed by atoms with Gasteiger partial charge in [-0.05, 0) is 48.0 Å². The standard InChI is InChI=1S/C22H19FN4O/c1-27(14-15-4-3-11-24-12-15)17-9-7-16(8-10-17)25-13-18-21-19(23)5-2-6-20(21)26-22(18)28/h2-13,26,28H,14H2,1H3. The lowest BCUT2D eigenvalue weighted by Crippen LogP contribution is -2.16. The molecule has 0 aliphatic carbocycles. The van der Waals surface area contributed by atoms with Crippen LogP contribution in [0.25, 0.3) is 10.9 Å². The fourth-order valence-electron chi connectivity index (χ4n) is 3.13. The molecular formula is C22H19FN4O. The summed E-state index contributed by atoms with van der Waals surface area (Å²) in [5.74, 6) is -0.500. The molecule has 2 aromatic heterocycles. The number of aromatic hydroxyl groups is 1. The Morgan fingerprint density at radius 1 is 1.14 bits per heavy atom. The van der Waals surface area contributed by atoms with Crippen LogP contribution in [-0.2, 0) is 6.54 Å². The van der Waals surface area contributed by atoms with Crippen molar-refractivity contribution in [2.24, 2.45) is 4.99 Å². The summed E-state index contributed by atoms with van der Waals surface area (Å²) in [5.41, 5.74) is 3.76. The van der Waals surface area contributed by atoms with Crippen molar-refractivity contribution in [3.05, 3.63) is 83.9 Å². The molecule has 0 aliphatic heterocycles. The van der Waals surface area contributed by atoms with Gasteiger partial charge in [0.1, 0.15) is 5.82 Å². The van der Waals surface area contributed by atoms with Crippen LogP contribution in [0.15, 0.2) is 72.0 Å². The van der Waals surface area contributed by atoms with Crippen LogP contribution < -0.4 is 4.90 Å². The molecule has 2 heterocycles. The van der Waals surface area contributed by atoms with Crippen LogP contribution in [-0.4, -0.2) is 28.3 Å². The Balaban J connectivity index is 1.53. The Morgan fingerprint density at radius 3 is 2.71 bits per heavy atom. The first-order valence-corrected chi connectivity index (χ1v) is 8.85. The minimum Gasteiger partial charge on any atom is -0.494 e. The van der Waals surface area contributed by atoms with Gasteiger partial charge in [0.05, 0.1) is 16.8 Å². The summed E-state index contributed by atoms with van der Waals surface area (Å²) in [6, 6.07) is 16.3. The van der Waals surface area contributed by atoms with Crippen molar-refractivity contribution in [3.8, 4) is 5.88 Å². The first-order chi connectivity index (χ1) is 13.6. The summed E-state index contributed by atoms with van der Waals surface area (Å²) in [6.45, 7) is 0.749. The van der Waals surface area contributed by atoms with E-state index in [0.717, 1.165) is 17.8 Å². The van der Waals surface area contributed by atoms with E-state index >= 15 is 0 Å². The molecule has 0 fully saturated rings. The fourth-order valence-corrected chi connectivity index (χ4v) is 3.13. The predicted octanol–water partition coefficient (Wildman–Crippen LogP) is 4.79. The number of nitrogens with zero attached hydrogens (tertiary/aromatic N) is 3. The molecule has 4 rings (SSSR count). The van der Waals surface area contributed by atoms with Gasteiger partial charge >= 0.3 is 0 Å². The third kappa shape index (κ3) is 3.57. The zero-order valence-corrected chi connectivity index (χ0v) is 15.3. The van der Waals surface area contributed by atoms with Gasteiger partial charge in [-0.1, -0.05) is 12.1 Å². The molecule has 0 radical (unpaired) electrons. The summed E-state index contributed by atoms with van der Waals surface area (Å²) < 4.78 is 14.1. The Labute approximate surface area is 161 Å². The van der Waals surface area contributed by atoms with Gasteiger partial charge in [0.25, 0.3) is 0 Å². The van der Waals surface area contributed by atoms with E-state index in [1.54, 1.807) is 18.3 Å². The van der Waals surface area contributed by atoms with E-state index in [9.17, 15) is 9.50 Å². The van der Waals surface area contributed by atoms with Gasteiger partial charge in [0.2, 0.25) is 0 Å². The van der Waals surface area contributed by atoms with E-state index in [4.69, 9.17) is 0 Å². The number of H-pyrrole nitrogens is 1. The molecule has 28 heavy (non-hydrogen) atoms. The fraction of sp³-hybridized carbons (Fsp3) is 0.0909. The van der Waals surface area contributed by atoms with Crippen molar-refractivity contribution in [1.82, 2.24) is 9.97 Å². The van der Waals surface area contributed by atoms with Gasteiger partial charge < -0.3 is 15.0 Å². The van der Waals surface area contributed by atoms with Crippen LogP contribution >= 0.6 is 0 Å². The van der Waals surface area contributed by atoms with Gasteiger partial charge in [0.15, 0.2) is 5.88 Å². The molecule has 2 N–H and O–H groups in total. The van der Waals surface area contributed by atoms with Gasteiger partial charge in [-0.25, -0.2) is 4.39 Å². The van der Waals surface area contributed by atoms with E-state index in [1.807, 2.05) is 49.6 Å². The zero-order valence-electron chi connectivity index (χ0n) is 15.3. The number of pyridine rings is 1. The molecule has 0 saturated carbocycles. The number of aromatic nitrogens is 2. The number of aliphatic imine (C=N–C) groups is 1. The molecule has 0 amide bonds. The number of nitrogens with one attached hydrogen (secondary N) is 1. The molecule has 140 valence electrons. The van der Waals surface area contributed by atoms with Crippen LogP contribution in [0.2, 0.25) is 0 Å².